The number of esters is 1. The number of hydrogen-bond donors (Lipinski definition) is 1. The second-order valence-electron chi connectivity index (χ2n) is 7.12. The maximum absolute atomic E-state index is 12.7. The van der Waals surface area contributed by atoms with E-state index >= 15 is 0 Å². The van der Waals surface area contributed by atoms with Crippen LogP contribution in [0.25, 0.3) is 0 Å². The first-order valence-corrected chi connectivity index (χ1v) is 11.5. The van der Waals surface area contributed by atoms with Crippen LogP contribution in [0.2, 0.25) is 0 Å². The van der Waals surface area contributed by atoms with Crippen LogP contribution >= 0.6 is 11.8 Å². The fourth-order valence-corrected chi connectivity index (χ4v) is 5.25. The van der Waals surface area contributed by atoms with Crippen LogP contribution in [0.4, 0.5) is 0 Å². The van der Waals surface area contributed by atoms with Gasteiger partial charge in [-0.3, -0.25) is 4.79 Å². The third-order valence-electron chi connectivity index (χ3n) is 5.09. The van der Waals surface area contributed by atoms with Crippen LogP contribution in [0.3, 0.4) is 0 Å². The van der Waals surface area contributed by atoms with Gasteiger partial charge in [0.2, 0.25) is 0 Å². The Labute approximate surface area is 189 Å². The van der Waals surface area contributed by atoms with E-state index in [1.54, 1.807) is 17.8 Å². The summed E-state index contributed by atoms with van der Waals surface area (Å²) in [5.74, 6) is 0.306. The molecule has 3 rings (SSSR count). The summed E-state index contributed by atoms with van der Waals surface area (Å²) in [6.07, 6.45) is 1.59. The molecule has 1 atom stereocenters. The molecule has 3 aromatic carbocycles. The predicted molar refractivity (Wildman–Crippen MR) is 130 cm³/mol. The molecule has 1 N–H and O–H groups in total. The van der Waals surface area contributed by atoms with Gasteiger partial charge in [-0.15, -0.1) is 11.8 Å². The fraction of sp³-hybridized carbons (Fsp3) is 0.222. The van der Waals surface area contributed by atoms with Crippen LogP contribution in [-0.2, 0) is 14.3 Å². The highest BCUT2D eigenvalue weighted by atomic mass is 32.2. The zero-order valence-corrected chi connectivity index (χ0v) is 18.7. The molecule has 0 aliphatic carbocycles. The molecular weight excluding hydrogens is 402 g/mol. The highest BCUT2D eigenvalue weighted by Gasteiger charge is 2.38. The standard InChI is InChI=1S/C27H29NO2S/c1-3-20-30-26(29)25(28-4-2)21-31-27(22-14-8-5-9-15-22,23-16-10-6-11-17-23)24-18-12-7-13-19-24/h3,5-19,25,28H,1,4,20-21H2,2H3/t25-/m0/s1. The summed E-state index contributed by atoms with van der Waals surface area (Å²) >= 11 is 1.75. The molecule has 3 aromatic rings. The number of carbonyl (C=O) groups is 1. The van der Waals surface area contributed by atoms with Crippen LogP contribution in [0.15, 0.2) is 104 Å². The Kier molecular flexibility index (Phi) is 8.51. The molecule has 160 valence electrons. The van der Waals surface area contributed by atoms with Crippen LogP contribution in [-0.4, -0.2) is 30.9 Å². The van der Waals surface area contributed by atoms with Gasteiger partial charge in [0.15, 0.2) is 0 Å². The van der Waals surface area contributed by atoms with E-state index in [0.717, 1.165) is 0 Å². The fourth-order valence-electron chi connectivity index (χ4n) is 3.68. The maximum atomic E-state index is 12.7. The lowest BCUT2D eigenvalue weighted by molar-refractivity contribution is -0.144. The number of carbonyl (C=O) groups excluding carboxylic acids is 1. The second-order valence-corrected chi connectivity index (χ2v) is 8.35. The normalized spacial score (nSPS) is 12.2. The minimum atomic E-state index is -0.462. The summed E-state index contributed by atoms with van der Waals surface area (Å²) in [4.78, 5) is 12.7. The molecule has 0 unspecified atom stereocenters. The van der Waals surface area contributed by atoms with Crippen molar-refractivity contribution in [1.29, 1.82) is 0 Å². The molecule has 0 aromatic heterocycles. The van der Waals surface area contributed by atoms with E-state index in [1.807, 2.05) is 25.1 Å². The number of ether oxygens (including phenoxy) is 1. The van der Waals surface area contributed by atoms with Crippen LogP contribution in [0.5, 0.6) is 0 Å². The Balaban J connectivity index is 2.07. The minimum Gasteiger partial charge on any atom is -0.460 e. The van der Waals surface area contributed by atoms with E-state index in [0.29, 0.717) is 12.3 Å². The van der Waals surface area contributed by atoms with Crippen molar-refractivity contribution in [2.24, 2.45) is 0 Å². The summed E-state index contributed by atoms with van der Waals surface area (Å²) in [5.41, 5.74) is 3.52. The zero-order chi connectivity index (χ0) is 21.9. The maximum Gasteiger partial charge on any atom is 0.324 e. The first-order valence-electron chi connectivity index (χ1n) is 10.5. The monoisotopic (exact) mass is 431 g/mol. The van der Waals surface area contributed by atoms with Gasteiger partial charge >= 0.3 is 5.97 Å². The Morgan fingerprint density at radius 1 is 0.935 bits per heavy atom. The molecule has 0 bridgehead atoms. The summed E-state index contributed by atoms with van der Waals surface area (Å²) in [7, 11) is 0. The van der Waals surface area contributed by atoms with Crippen molar-refractivity contribution in [3.8, 4) is 0 Å². The first-order chi connectivity index (χ1) is 15.2. The van der Waals surface area contributed by atoms with Gasteiger partial charge < -0.3 is 10.1 Å². The Morgan fingerprint density at radius 2 is 1.39 bits per heavy atom. The molecule has 31 heavy (non-hydrogen) atoms. The molecule has 0 fully saturated rings. The Bertz CT molecular complexity index is 848. The molecule has 0 spiro atoms. The van der Waals surface area contributed by atoms with Gasteiger partial charge in [0.25, 0.3) is 0 Å². The molecule has 0 aliphatic heterocycles. The molecule has 0 aliphatic rings. The lowest BCUT2D eigenvalue weighted by Gasteiger charge is -2.36. The average Bonchev–Trinajstić information content (AvgIpc) is 2.84. The molecule has 3 nitrogen and oxygen atoms in total. The largest absolute Gasteiger partial charge is 0.460 e. The smallest absolute Gasteiger partial charge is 0.324 e. The molecule has 0 heterocycles. The third-order valence-corrected chi connectivity index (χ3v) is 6.73. The highest BCUT2D eigenvalue weighted by Crippen LogP contribution is 2.48. The number of benzene rings is 3. The quantitative estimate of drug-likeness (QED) is 0.250. The Morgan fingerprint density at radius 3 is 1.77 bits per heavy atom. The molecule has 0 saturated carbocycles. The van der Waals surface area contributed by atoms with Crippen LogP contribution in [0.1, 0.15) is 23.6 Å². The number of rotatable bonds is 11. The first kappa shape index (κ1) is 22.9. The third kappa shape index (κ3) is 5.46. The average molecular weight is 432 g/mol. The summed E-state index contributed by atoms with van der Waals surface area (Å²) < 4.78 is 4.89. The van der Waals surface area contributed by atoms with Crippen molar-refractivity contribution < 1.29 is 9.53 Å². The van der Waals surface area contributed by atoms with E-state index in [-0.39, 0.29) is 12.6 Å². The summed E-state index contributed by atoms with van der Waals surface area (Å²) in [5, 5.41) is 3.29. The van der Waals surface area contributed by atoms with Crippen LogP contribution in [0, 0.1) is 0 Å². The van der Waals surface area contributed by atoms with E-state index < -0.39 is 10.8 Å². The number of hydrogen-bond acceptors (Lipinski definition) is 4. The van der Waals surface area contributed by atoms with Gasteiger partial charge in [0.05, 0.1) is 4.75 Å². The number of nitrogens with one attached hydrogen (secondary N) is 1. The van der Waals surface area contributed by atoms with E-state index in [4.69, 9.17) is 4.74 Å². The minimum absolute atomic E-state index is 0.215. The van der Waals surface area contributed by atoms with Gasteiger partial charge in [0, 0.05) is 5.75 Å². The van der Waals surface area contributed by atoms with Gasteiger partial charge in [-0.25, -0.2) is 0 Å². The Hall–Kier alpha value is -2.82. The van der Waals surface area contributed by atoms with E-state index in [9.17, 15) is 4.79 Å². The topological polar surface area (TPSA) is 38.3 Å². The van der Waals surface area contributed by atoms with Crippen molar-refractivity contribution in [3.63, 3.8) is 0 Å². The van der Waals surface area contributed by atoms with Gasteiger partial charge in [0.1, 0.15) is 12.6 Å². The predicted octanol–water partition coefficient (Wildman–Crippen LogP) is 5.42. The van der Waals surface area contributed by atoms with Crippen molar-refractivity contribution in [1.82, 2.24) is 5.32 Å². The summed E-state index contributed by atoms with van der Waals surface area (Å²) in [6.45, 7) is 6.54. The molecule has 0 radical (unpaired) electrons. The highest BCUT2D eigenvalue weighted by molar-refractivity contribution is 8.00. The van der Waals surface area contributed by atoms with Gasteiger partial charge in [-0.05, 0) is 23.2 Å². The molecular formula is C27H29NO2S. The molecule has 0 saturated heterocycles. The van der Waals surface area contributed by atoms with Crippen molar-refractivity contribution in [2.45, 2.75) is 17.7 Å². The zero-order valence-electron chi connectivity index (χ0n) is 17.9. The number of thioether (sulfide) groups is 1. The second kappa shape index (κ2) is 11.5. The lowest BCUT2D eigenvalue weighted by Crippen LogP contribution is -2.41. The summed E-state index contributed by atoms with van der Waals surface area (Å²) in [6, 6.07) is 31.0. The molecule has 4 heteroatoms. The van der Waals surface area contributed by atoms with Gasteiger partial charge in [-0.2, -0.15) is 0 Å². The lowest BCUT2D eigenvalue weighted by atomic mass is 9.84. The van der Waals surface area contributed by atoms with E-state index in [2.05, 4.69) is 84.7 Å². The van der Waals surface area contributed by atoms with Crippen LogP contribution < -0.4 is 5.32 Å². The van der Waals surface area contributed by atoms with Crippen molar-refractivity contribution in [2.75, 3.05) is 18.9 Å². The van der Waals surface area contributed by atoms with E-state index in [1.165, 1.54) is 16.7 Å². The van der Waals surface area contributed by atoms with Crippen molar-refractivity contribution >= 4 is 17.7 Å². The molecule has 0 amide bonds. The number of likely N-dealkylation sites (N-methyl/N-ethyl adjacent to an activating group) is 1. The van der Waals surface area contributed by atoms with Crippen molar-refractivity contribution in [3.05, 3.63) is 120 Å². The SMILES string of the molecule is C=CCOC(=O)[C@H](CSC(c1ccccc1)(c1ccccc1)c1ccccc1)NCC. The van der Waals surface area contributed by atoms with Gasteiger partial charge in [-0.1, -0.05) is 111 Å².